The topological polar surface area (TPSA) is 54.0 Å². The Morgan fingerprint density at radius 2 is 2.20 bits per heavy atom. The molecule has 0 aliphatic heterocycles. The van der Waals surface area contributed by atoms with Gasteiger partial charge < -0.3 is 10.6 Å². The Hall–Kier alpha value is -1.88. The third-order valence-corrected chi connectivity index (χ3v) is 3.81. The van der Waals surface area contributed by atoms with E-state index in [-0.39, 0.29) is 11.9 Å². The second-order valence-corrected chi connectivity index (χ2v) is 5.62. The number of benzene rings is 1. The van der Waals surface area contributed by atoms with Gasteiger partial charge in [0.2, 0.25) is 5.91 Å². The van der Waals surface area contributed by atoms with Gasteiger partial charge in [0.25, 0.3) is 0 Å². The molecular formula is C15H19N3OS. The standard InChI is InChI=1S/C15H19N3OS/c1-4-13(17-12-7-5-6-10(2)8-12)14(19)18-15-16-11(3)9-20-15/h5-9,13,17H,4H2,1-3H3,(H,16,18,19)/t13-/m0/s1. The first kappa shape index (κ1) is 14.5. The van der Waals surface area contributed by atoms with E-state index < -0.39 is 0 Å². The number of nitrogens with zero attached hydrogens (tertiary/aromatic N) is 1. The van der Waals surface area contributed by atoms with Gasteiger partial charge in [-0.2, -0.15) is 0 Å². The number of aromatic nitrogens is 1. The summed E-state index contributed by atoms with van der Waals surface area (Å²) in [6.45, 7) is 5.93. The fourth-order valence-corrected chi connectivity index (χ4v) is 2.58. The second-order valence-electron chi connectivity index (χ2n) is 4.76. The van der Waals surface area contributed by atoms with Crippen LogP contribution < -0.4 is 10.6 Å². The molecule has 0 bridgehead atoms. The van der Waals surface area contributed by atoms with Crippen LogP contribution in [-0.4, -0.2) is 16.9 Å². The highest BCUT2D eigenvalue weighted by Gasteiger charge is 2.17. The van der Waals surface area contributed by atoms with Crippen LogP contribution in [0, 0.1) is 13.8 Å². The Kier molecular flexibility index (Phi) is 4.74. The van der Waals surface area contributed by atoms with Gasteiger partial charge >= 0.3 is 0 Å². The lowest BCUT2D eigenvalue weighted by Gasteiger charge is -2.17. The van der Waals surface area contributed by atoms with Gasteiger partial charge in [0, 0.05) is 11.1 Å². The van der Waals surface area contributed by atoms with Gasteiger partial charge in [0.15, 0.2) is 5.13 Å². The molecule has 4 nitrogen and oxygen atoms in total. The smallest absolute Gasteiger partial charge is 0.248 e. The fraction of sp³-hybridized carbons (Fsp3) is 0.333. The van der Waals surface area contributed by atoms with Crippen LogP contribution in [0.5, 0.6) is 0 Å². The molecule has 0 spiro atoms. The Balaban J connectivity index is 2.02. The van der Waals surface area contributed by atoms with Crippen molar-refractivity contribution in [2.24, 2.45) is 0 Å². The van der Waals surface area contributed by atoms with Crippen LogP contribution in [0.15, 0.2) is 29.6 Å². The van der Waals surface area contributed by atoms with E-state index in [4.69, 9.17) is 0 Å². The van der Waals surface area contributed by atoms with E-state index in [1.54, 1.807) is 0 Å². The Morgan fingerprint density at radius 1 is 1.40 bits per heavy atom. The fourth-order valence-electron chi connectivity index (χ4n) is 1.89. The van der Waals surface area contributed by atoms with Crippen LogP contribution in [0.3, 0.4) is 0 Å². The van der Waals surface area contributed by atoms with Gasteiger partial charge in [-0.1, -0.05) is 19.1 Å². The number of hydrogen-bond acceptors (Lipinski definition) is 4. The molecule has 1 atom stereocenters. The maximum Gasteiger partial charge on any atom is 0.248 e. The molecule has 106 valence electrons. The van der Waals surface area contributed by atoms with Crippen molar-refractivity contribution in [1.29, 1.82) is 0 Å². The maximum absolute atomic E-state index is 12.2. The zero-order valence-corrected chi connectivity index (χ0v) is 12.8. The van der Waals surface area contributed by atoms with Crippen LogP contribution >= 0.6 is 11.3 Å². The largest absolute Gasteiger partial charge is 0.374 e. The molecule has 0 saturated heterocycles. The summed E-state index contributed by atoms with van der Waals surface area (Å²) in [5.74, 6) is -0.0524. The minimum Gasteiger partial charge on any atom is -0.374 e. The summed E-state index contributed by atoms with van der Waals surface area (Å²) in [5.41, 5.74) is 3.05. The predicted octanol–water partition coefficient (Wildman–Crippen LogP) is 3.59. The highest BCUT2D eigenvalue weighted by atomic mass is 32.1. The summed E-state index contributed by atoms with van der Waals surface area (Å²) >= 11 is 1.44. The van der Waals surface area contributed by atoms with E-state index in [0.717, 1.165) is 11.4 Å². The van der Waals surface area contributed by atoms with Crippen molar-refractivity contribution in [2.45, 2.75) is 33.2 Å². The Bertz CT molecular complexity index is 594. The number of rotatable bonds is 5. The molecule has 1 aromatic heterocycles. The molecule has 2 N–H and O–H groups in total. The summed E-state index contributed by atoms with van der Waals surface area (Å²) in [4.78, 5) is 16.5. The number of aryl methyl sites for hydroxylation is 2. The lowest BCUT2D eigenvalue weighted by atomic mass is 10.1. The van der Waals surface area contributed by atoms with Gasteiger partial charge in [-0.05, 0) is 38.0 Å². The van der Waals surface area contributed by atoms with Crippen LogP contribution in [0.2, 0.25) is 0 Å². The molecule has 0 fully saturated rings. The first-order valence-corrected chi connectivity index (χ1v) is 7.52. The first-order chi connectivity index (χ1) is 9.58. The lowest BCUT2D eigenvalue weighted by Crippen LogP contribution is -2.34. The number of nitrogens with one attached hydrogen (secondary N) is 2. The van der Waals surface area contributed by atoms with Crippen LogP contribution in [0.1, 0.15) is 24.6 Å². The number of anilines is 2. The van der Waals surface area contributed by atoms with E-state index in [2.05, 4.69) is 15.6 Å². The first-order valence-electron chi connectivity index (χ1n) is 6.64. The summed E-state index contributed by atoms with van der Waals surface area (Å²) in [7, 11) is 0. The molecule has 5 heteroatoms. The molecule has 0 radical (unpaired) electrons. The third kappa shape index (κ3) is 3.81. The van der Waals surface area contributed by atoms with Crippen molar-refractivity contribution in [3.8, 4) is 0 Å². The van der Waals surface area contributed by atoms with Crippen LogP contribution in [-0.2, 0) is 4.79 Å². The van der Waals surface area contributed by atoms with E-state index in [9.17, 15) is 4.79 Å². The summed E-state index contributed by atoms with van der Waals surface area (Å²) < 4.78 is 0. The number of thiazole rings is 1. The van der Waals surface area contributed by atoms with E-state index >= 15 is 0 Å². The van der Waals surface area contributed by atoms with Crippen LogP contribution in [0.25, 0.3) is 0 Å². The number of hydrogen-bond donors (Lipinski definition) is 2. The highest BCUT2D eigenvalue weighted by molar-refractivity contribution is 7.13. The van der Waals surface area contributed by atoms with Crippen molar-refractivity contribution in [1.82, 2.24) is 4.98 Å². The van der Waals surface area contributed by atoms with E-state index in [0.29, 0.717) is 11.6 Å². The predicted molar refractivity (Wildman–Crippen MR) is 84.4 cm³/mol. The minimum atomic E-state index is -0.263. The molecular weight excluding hydrogens is 270 g/mol. The van der Waals surface area contributed by atoms with Crippen molar-refractivity contribution in [3.63, 3.8) is 0 Å². The summed E-state index contributed by atoms with van der Waals surface area (Å²) in [6, 6.07) is 7.75. The SMILES string of the molecule is CC[C@H](Nc1cccc(C)c1)C(=O)Nc1nc(C)cs1. The van der Waals surface area contributed by atoms with E-state index in [1.807, 2.05) is 50.4 Å². The number of carbonyl (C=O) groups excluding carboxylic acids is 1. The van der Waals surface area contributed by atoms with Gasteiger partial charge in [-0.25, -0.2) is 4.98 Å². The average molecular weight is 289 g/mol. The molecule has 20 heavy (non-hydrogen) atoms. The third-order valence-electron chi connectivity index (χ3n) is 2.93. The normalized spacial score (nSPS) is 11.9. The molecule has 1 aromatic carbocycles. The molecule has 2 rings (SSSR count). The van der Waals surface area contributed by atoms with Crippen molar-refractivity contribution in [3.05, 3.63) is 40.9 Å². The molecule has 0 aliphatic rings. The molecule has 2 aromatic rings. The highest BCUT2D eigenvalue weighted by Crippen LogP contribution is 2.17. The summed E-state index contributed by atoms with van der Waals surface area (Å²) in [6.07, 6.45) is 0.712. The molecule has 0 unspecified atom stereocenters. The average Bonchev–Trinajstić information content (AvgIpc) is 2.81. The zero-order valence-electron chi connectivity index (χ0n) is 11.9. The van der Waals surface area contributed by atoms with Gasteiger partial charge in [0.05, 0.1) is 5.69 Å². The van der Waals surface area contributed by atoms with Gasteiger partial charge in [0.1, 0.15) is 6.04 Å². The maximum atomic E-state index is 12.2. The summed E-state index contributed by atoms with van der Waals surface area (Å²) in [5, 5.41) is 8.69. The monoisotopic (exact) mass is 289 g/mol. The van der Waals surface area contributed by atoms with E-state index in [1.165, 1.54) is 16.9 Å². The molecule has 0 saturated carbocycles. The van der Waals surface area contributed by atoms with Crippen molar-refractivity contribution < 1.29 is 4.79 Å². The molecule has 1 amide bonds. The number of amides is 1. The Labute approximate surface area is 123 Å². The van der Waals surface area contributed by atoms with Crippen molar-refractivity contribution in [2.75, 3.05) is 10.6 Å². The molecule has 1 heterocycles. The number of carbonyl (C=O) groups is 1. The Morgan fingerprint density at radius 3 is 2.80 bits per heavy atom. The zero-order chi connectivity index (χ0) is 14.5. The quantitative estimate of drug-likeness (QED) is 0.884. The van der Waals surface area contributed by atoms with Gasteiger partial charge in [-0.15, -0.1) is 11.3 Å². The lowest BCUT2D eigenvalue weighted by molar-refractivity contribution is -0.116. The second kappa shape index (κ2) is 6.52. The van der Waals surface area contributed by atoms with Gasteiger partial charge in [-0.3, -0.25) is 4.79 Å². The molecule has 0 aliphatic carbocycles. The van der Waals surface area contributed by atoms with Crippen molar-refractivity contribution >= 4 is 28.1 Å². The van der Waals surface area contributed by atoms with Crippen LogP contribution in [0.4, 0.5) is 10.8 Å². The minimum absolute atomic E-state index is 0.0524.